The molecule has 1 amide bonds. The first-order valence-corrected chi connectivity index (χ1v) is 12.4. The molecule has 0 bridgehead atoms. The summed E-state index contributed by atoms with van der Waals surface area (Å²) in [4.78, 5) is 28.6. The maximum Gasteiger partial charge on any atom is 0.310 e. The lowest BCUT2D eigenvalue weighted by Gasteiger charge is -2.11. The van der Waals surface area contributed by atoms with Gasteiger partial charge in [-0.1, -0.05) is 30.7 Å². The van der Waals surface area contributed by atoms with Crippen molar-refractivity contribution in [3.8, 4) is 0 Å². The second kappa shape index (κ2) is 11.1. The number of carbonyl (C=O) groups excluding carboxylic acids is 2. The number of esters is 1. The lowest BCUT2D eigenvalue weighted by atomic mass is 10.0. The van der Waals surface area contributed by atoms with Crippen molar-refractivity contribution in [3.05, 3.63) is 59.2 Å². The van der Waals surface area contributed by atoms with E-state index in [1.54, 1.807) is 6.07 Å². The molecule has 33 heavy (non-hydrogen) atoms. The Morgan fingerprint density at radius 1 is 1.03 bits per heavy atom. The molecule has 8 nitrogen and oxygen atoms in total. The SMILES string of the molecule is Cc1ccc(CC(=O)OCC(=O)Nc2cccc(S(=O)(=O)NC3=NCCCCC3)c2)cc1C. The van der Waals surface area contributed by atoms with Crippen molar-refractivity contribution in [1.29, 1.82) is 0 Å². The Morgan fingerprint density at radius 2 is 1.85 bits per heavy atom. The lowest BCUT2D eigenvalue weighted by molar-refractivity contribution is -0.146. The molecule has 0 fully saturated rings. The van der Waals surface area contributed by atoms with Gasteiger partial charge in [0.1, 0.15) is 5.84 Å². The normalized spacial score (nSPS) is 14.1. The summed E-state index contributed by atoms with van der Waals surface area (Å²) in [6.45, 7) is 4.10. The summed E-state index contributed by atoms with van der Waals surface area (Å²) in [6, 6.07) is 11.6. The molecule has 2 aromatic rings. The molecular weight excluding hydrogens is 442 g/mol. The van der Waals surface area contributed by atoms with Crippen LogP contribution in [0.2, 0.25) is 0 Å². The molecule has 1 aliphatic rings. The molecule has 1 heterocycles. The maximum absolute atomic E-state index is 12.7. The fourth-order valence-corrected chi connectivity index (χ4v) is 4.52. The van der Waals surface area contributed by atoms with Crippen LogP contribution in [0.15, 0.2) is 52.4 Å². The standard InChI is InChI=1S/C24H29N3O5S/c1-17-10-11-19(13-18(17)2)14-24(29)32-16-23(28)26-20-7-6-8-21(15-20)33(30,31)27-22-9-4-3-5-12-25-22/h6-8,10-11,13,15H,3-5,9,12,14,16H2,1-2H3,(H,25,27)(H,26,28). The van der Waals surface area contributed by atoms with Gasteiger partial charge in [0.2, 0.25) is 0 Å². The predicted octanol–water partition coefficient (Wildman–Crippen LogP) is 3.28. The summed E-state index contributed by atoms with van der Waals surface area (Å²) in [5, 5.41) is 2.57. The highest BCUT2D eigenvalue weighted by atomic mass is 32.2. The number of amides is 1. The third-order valence-corrected chi connectivity index (χ3v) is 6.72. The molecule has 9 heteroatoms. The van der Waals surface area contributed by atoms with E-state index in [1.165, 1.54) is 18.2 Å². The molecule has 1 aliphatic heterocycles. The van der Waals surface area contributed by atoms with E-state index in [0.29, 0.717) is 18.8 Å². The lowest BCUT2D eigenvalue weighted by Crippen LogP contribution is -2.30. The van der Waals surface area contributed by atoms with Crippen molar-refractivity contribution in [2.45, 2.75) is 50.8 Å². The average Bonchev–Trinajstić information content (AvgIpc) is 3.03. The Morgan fingerprint density at radius 3 is 2.64 bits per heavy atom. The van der Waals surface area contributed by atoms with E-state index >= 15 is 0 Å². The molecule has 0 saturated heterocycles. The van der Waals surface area contributed by atoms with Gasteiger partial charge in [0.05, 0.1) is 11.3 Å². The summed E-state index contributed by atoms with van der Waals surface area (Å²) in [5.41, 5.74) is 3.31. The molecule has 2 N–H and O–H groups in total. The molecule has 0 unspecified atom stereocenters. The van der Waals surface area contributed by atoms with E-state index in [2.05, 4.69) is 15.0 Å². The van der Waals surface area contributed by atoms with E-state index in [-0.39, 0.29) is 17.0 Å². The van der Waals surface area contributed by atoms with E-state index in [1.807, 2.05) is 32.0 Å². The predicted molar refractivity (Wildman–Crippen MR) is 127 cm³/mol. The van der Waals surface area contributed by atoms with E-state index in [0.717, 1.165) is 36.0 Å². The molecular formula is C24H29N3O5S. The first kappa shape index (κ1) is 24.4. The van der Waals surface area contributed by atoms with Gasteiger partial charge in [-0.05, 0) is 61.6 Å². The van der Waals surface area contributed by atoms with Crippen LogP contribution in [-0.4, -0.2) is 39.3 Å². The number of sulfonamides is 1. The number of hydrogen-bond donors (Lipinski definition) is 2. The Labute approximate surface area is 194 Å². The van der Waals surface area contributed by atoms with Crippen molar-refractivity contribution in [3.63, 3.8) is 0 Å². The van der Waals surface area contributed by atoms with E-state index in [4.69, 9.17) is 4.74 Å². The minimum Gasteiger partial charge on any atom is -0.455 e. The first-order valence-electron chi connectivity index (χ1n) is 10.9. The maximum atomic E-state index is 12.7. The van der Waals surface area contributed by atoms with Gasteiger partial charge < -0.3 is 10.1 Å². The second-order valence-corrected chi connectivity index (χ2v) is 9.76. The monoisotopic (exact) mass is 471 g/mol. The van der Waals surface area contributed by atoms with Crippen molar-refractivity contribution in [2.24, 2.45) is 4.99 Å². The van der Waals surface area contributed by atoms with E-state index < -0.39 is 28.5 Å². The number of rotatable bonds is 7. The van der Waals surface area contributed by atoms with Gasteiger partial charge >= 0.3 is 5.97 Å². The number of carbonyl (C=O) groups is 2. The highest BCUT2D eigenvalue weighted by Gasteiger charge is 2.18. The Hall–Kier alpha value is -3.20. The van der Waals surface area contributed by atoms with Crippen LogP contribution in [-0.2, 0) is 30.8 Å². The minimum atomic E-state index is -3.82. The largest absolute Gasteiger partial charge is 0.455 e. The molecule has 176 valence electrons. The molecule has 2 aromatic carbocycles. The zero-order chi connectivity index (χ0) is 23.8. The number of amidine groups is 1. The summed E-state index contributed by atoms with van der Waals surface area (Å²) in [7, 11) is -3.82. The zero-order valence-corrected chi connectivity index (χ0v) is 19.7. The molecule has 0 radical (unpaired) electrons. The highest BCUT2D eigenvalue weighted by Crippen LogP contribution is 2.17. The van der Waals surface area contributed by atoms with Crippen LogP contribution in [0.3, 0.4) is 0 Å². The summed E-state index contributed by atoms with van der Waals surface area (Å²) >= 11 is 0. The van der Waals surface area contributed by atoms with Crippen molar-refractivity contribution in [2.75, 3.05) is 18.5 Å². The number of nitrogens with zero attached hydrogens (tertiary/aromatic N) is 1. The Balaban J connectivity index is 1.54. The van der Waals surface area contributed by atoms with Crippen LogP contribution >= 0.6 is 0 Å². The van der Waals surface area contributed by atoms with Gasteiger partial charge in [-0.15, -0.1) is 0 Å². The smallest absolute Gasteiger partial charge is 0.310 e. The van der Waals surface area contributed by atoms with Gasteiger partial charge in [-0.2, -0.15) is 0 Å². The first-order chi connectivity index (χ1) is 15.7. The van der Waals surface area contributed by atoms with Crippen molar-refractivity contribution >= 4 is 33.4 Å². The van der Waals surface area contributed by atoms with Gasteiger partial charge in [-0.25, -0.2) is 8.42 Å². The van der Waals surface area contributed by atoms with Crippen LogP contribution in [0.25, 0.3) is 0 Å². The average molecular weight is 472 g/mol. The van der Waals surface area contributed by atoms with Crippen LogP contribution in [0.5, 0.6) is 0 Å². The van der Waals surface area contributed by atoms with Gasteiger partial charge in [-0.3, -0.25) is 19.3 Å². The fraction of sp³-hybridized carbons (Fsp3) is 0.375. The van der Waals surface area contributed by atoms with Crippen LogP contribution in [0.4, 0.5) is 5.69 Å². The summed E-state index contributed by atoms with van der Waals surface area (Å²) < 4.78 is 33.0. The minimum absolute atomic E-state index is 0.0129. The molecule has 0 spiro atoms. The van der Waals surface area contributed by atoms with Crippen LogP contribution in [0.1, 0.15) is 42.4 Å². The summed E-state index contributed by atoms with van der Waals surface area (Å²) in [6.07, 6.45) is 3.51. The Bertz CT molecular complexity index is 1160. The van der Waals surface area contributed by atoms with Gasteiger partial charge in [0, 0.05) is 18.7 Å². The number of benzene rings is 2. The third kappa shape index (κ3) is 7.42. The second-order valence-electron chi connectivity index (χ2n) is 8.08. The molecule has 3 rings (SSSR count). The highest BCUT2D eigenvalue weighted by molar-refractivity contribution is 7.90. The van der Waals surface area contributed by atoms with Crippen molar-refractivity contribution in [1.82, 2.24) is 4.72 Å². The topological polar surface area (TPSA) is 114 Å². The fourth-order valence-electron chi connectivity index (χ4n) is 3.39. The number of anilines is 1. The number of aryl methyl sites for hydroxylation is 2. The molecule has 0 saturated carbocycles. The van der Waals surface area contributed by atoms with Crippen LogP contribution < -0.4 is 10.0 Å². The van der Waals surface area contributed by atoms with Gasteiger partial charge in [0.15, 0.2) is 6.61 Å². The number of aliphatic imine (C=N–C) groups is 1. The van der Waals surface area contributed by atoms with Crippen molar-refractivity contribution < 1.29 is 22.7 Å². The number of hydrogen-bond acceptors (Lipinski definition) is 6. The van der Waals surface area contributed by atoms with Crippen LogP contribution in [0, 0.1) is 13.8 Å². The Kier molecular flexibility index (Phi) is 8.21. The quantitative estimate of drug-likeness (QED) is 0.602. The zero-order valence-electron chi connectivity index (χ0n) is 18.9. The van der Waals surface area contributed by atoms with E-state index in [9.17, 15) is 18.0 Å². The number of ether oxygens (including phenoxy) is 1. The molecule has 0 aromatic heterocycles. The summed E-state index contributed by atoms with van der Waals surface area (Å²) in [5.74, 6) is -0.616. The molecule has 0 aliphatic carbocycles. The molecule has 0 atom stereocenters. The number of nitrogens with one attached hydrogen (secondary N) is 2. The third-order valence-electron chi connectivity index (χ3n) is 5.34. The van der Waals surface area contributed by atoms with Gasteiger partial charge in [0.25, 0.3) is 15.9 Å².